The Labute approximate surface area is 72.8 Å². The van der Waals surface area contributed by atoms with Gasteiger partial charge in [-0.3, -0.25) is 4.68 Å². The lowest BCUT2D eigenvalue weighted by atomic mass is 10.00. The minimum absolute atomic E-state index is 0.777. The largest absolute Gasteiger partial charge is 0.316 e. The van der Waals surface area contributed by atoms with Crippen LogP contribution in [0, 0.1) is 5.92 Å². The maximum Gasteiger partial charge on any atom is 0.0489 e. The van der Waals surface area contributed by atoms with Crippen LogP contribution in [0.3, 0.4) is 0 Å². The summed E-state index contributed by atoms with van der Waals surface area (Å²) in [5.41, 5.74) is 0. The van der Waals surface area contributed by atoms with Crippen molar-refractivity contribution in [2.24, 2.45) is 5.92 Å². The van der Waals surface area contributed by atoms with E-state index in [9.17, 15) is 0 Å². The highest BCUT2D eigenvalue weighted by Crippen LogP contribution is 2.11. The van der Waals surface area contributed by atoms with E-state index in [4.69, 9.17) is 0 Å². The Bertz CT molecular complexity index is 212. The molecule has 0 saturated carbocycles. The molecular weight excluding hydrogens is 150 g/mol. The van der Waals surface area contributed by atoms with Gasteiger partial charge in [0.1, 0.15) is 0 Å². The van der Waals surface area contributed by atoms with Gasteiger partial charge in [0.05, 0.1) is 0 Å². The smallest absolute Gasteiger partial charge is 0.0489 e. The standard InChI is InChI=1S/C9H15N3/c1-3-9(7-10-4-1)8-12-6-2-5-11-12/h2,5-6,9-10H,1,3-4,7-8H2. The van der Waals surface area contributed by atoms with E-state index in [0.717, 1.165) is 19.0 Å². The van der Waals surface area contributed by atoms with E-state index in [2.05, 4.69) is 10.4 Å². The average Bonchev–Trinajstić information content (AvgIpc) is 2.59. The lowest BCUT2D eigenvalue weighted by Gasteiger charge is -2.22. The van der Waals surface area contributed by atoms with Crippen LogP contribution < -0.4 is 5.32 Å². The van der Waals surface area contributed by atoms with E-state index in [1.165, 1.54) is 19.4 Å². The monoisotopic (exact) mass is 165 g/mol. The lowest BCUT2D eigenvalue weighted by molar-refractivity contribution is 0.325. The Morgan fingerprint density at radius 2 is 2.58 bits per heavy atom. The van der Waals surface area contributed by atoms with Crippen molar-refractivity contribution in [3.05, 3.63) is 18.5 Å². The Hall–Kier alpha value is -0.830. The highest BCUT2D eigenvalue weighted by Gasteiger charge is 2.12. The van der Waals surface area contributed by atoms with Crippen LogP contribution in [0.5, 0.6) is 0 Å². The molecule has 0 aromatic carbocycles. The van der Waals surface area contributed by atoms with Gasteiger partial charge in [0.2, 0.25) is 0 Å². The maximum absolute atomic E-state index is 4.20. The predicted octanol–water partition coefficient (Wildman–Crippen LogP) is 0.883. The van der Waals surface area contributed by atoms with Crippen molar-refractivity contribution in [2.45, 2.75) is 19.4 Å². The zero-order valence-electron chi connectivity index (χ0n) is 7.24. The molecule has 1 unspecified atom stereocenters. The minimum Gasteiger partial charge on any atom is -0.316 e. The first kappa shape index (κ1) is 7.80. The molecule has 12 heavy (non-hydrogen) atoms. The first-order chi connectivity index (χ1) is 5.95. The molecule has 0 amide bonds. The molecule has 2 heterocycles. The van der Waals surface area contributed by atoms with Gasteiger partial charge >= 0.3 is 0 Å². The Balaban J connectivity index is 1.86. The van der Waals surface area contributed by atoms with E-state index in [-0.39, 0.29) is 0 Å². The second kappa shape index (κ2) is 3.72. The van der Waals surface area contributed by atoms with Crippen LogP contribution in [0.2, 0.25) is 0 Å². The van der Waals surface area contributed by atoms with Crippen molar-refractivity contribution in [3.63, 3.8) is 0 Å². The van der Waals surface area contributed by atoms with Crippen molar-refractivity contribution in [2.75, 3.05) is 13.1 Å². The number of piperidine rings is 1. The lowest BCUT2D eigenvalue weighted by Crippen LogP contribution is -2.32. The molecule has 1 fully saturated rings. The number of aromatic nitrogens is 2. The number of hydrogen-bond acceptors (Lipinski definition) is 2. The summed E-state index contributed by atoms with van der Waals surface area (Å²) in [6.45, 7) is 3.41. The third kappa shape index (κ3) is 1.85. The van der Waals surface area contributed by atoms with Crippen LogP contribution in [0.4, 0.5) is 0 Å². The van der Waals surface area contributed by atoms with Crippen molar-refractivity contribution >= 4 is 0 Å². The maximum atomic E-state index is 4.20. The van der Waals surface area contributed by atoms with Gasteiger partial charge in [-0.1, -0.05) is 0 Å². The molecular formula is C9H15N3. The summed E-state index contributed by atoms with van der Waals surface area (Å²) < 4.78 is 2.03. The van der Waals surface area contributed by atoms with Crippen molar-refractivity contribution in [1.82, 2.24) is 15.1 Å². The van der Waals surface area contributed by atoms with E-state index in [1.807, 2.05) is 23.1 Å². The third-order valence-corrected chi connectivity index (χ3v) is 2.40. The van der Waals surface area contributed by atoms with E-state index in [1.54, 1.807) is 0 Å². The summed E-state index contributed by atoms with van der Waals surface area (Å²) >= 11 is 0. The van der Waals surface area contributed by atoms with Gasteiger partial charge in [0, 0.05) is 18.9 Å². The van der Waals surface area contributed by atoms with Crippen molar-refractivity contribution in [3.8, 4) is 0 Å². The summed E-state index contributed by atoms with van der Waals surface area (Å²) in [4.78, 5) is 0. The van der Waals surface area contributed by atoms with Gasteiger partial charge in [-0.15, -0.1) is 0 Å². The predicted molar refractivity (Wildman–Crippen MR) is 47.8 cm³/mol. The average molecular weight is 165 g/mol. The number of rotatable bonds is 2. The molecule has 1 aromatic rings. The Morgan fingerprint density at radius 1 is 1.58 bits per heavy atom. The molecule has 3 nitrogen and oxygen atoms in total. The van der Waals surface area contributed by atoms with Crippen LogP contribution in [0.15, 0.2) is 18.5 Å². The summed E-state index contributed by atoms with van der Waals surface area (Å²) in [5.74, 6) is 0.777. The Kier molecular flexibility index (Phi) is 2.42. The number of nitrogens with one attached hydrogen (secondary N) is 1. The van der Waals surface area contributed by atoms with Crippen LogP contribution in [-0.4, -0.2) is 22.9 Å². The topological polar surface area (TPSA) is 29.9 Å². The summed E-state index contributed by atoms with van der Waals surface area (Å²) in [6.07, 6.45) is 6.53. The molecule has 1 atom stereocenters. The number of hydrogen-bond donors (Lipinski definition) is 1. The van der Waals surface area contributed by atoms with Crippen molar-refractivity contribution < 1.29 is 0 Å². The molecule has 1 N–H and O–H groups in total. The highest BCUT2D eigenvalue weighted by molar-refractivity contribution is 4.79. The van der Waals surface area contributed by atoms with Crippen LogP contribution in [0.25, 0.3) is 0 Å². The third-order valence-electron chi connectivity index (χ3n) is 2.40. The zero-order valence-corrected chi connectivity index (χ0v) is 7.24. The van der Waals surface area contributed by atoms with Gasteiger partial charge in [-0.05, 0) is 37.9 Å². The molecule has 0 radical (unpaired) electrons. The van der Waals surface area contributed by atoms with Crippen molar-refractivity contribution in [1.29, 1.82) is 0 Å². The van der Waals surface area contributed by atoms with Crippen LogP contribution >= 0.6 is 0 Å². The minimum atomic E-state index is 0.777. The molecule has 0 spiro atoms. The summed E-state index contributed by atoms with van der Waals surface area (Å²) in [5, 5.41) is 7.61. The second-order valence-electron chi connectivity index (χ2n) is 3.44. The van der Waals surface area contributed by atoms with Gasteiger partial charge in [-0.2, -0.15) is 5.10 Å². The van der Waals surface area contributed by atoms with Crippen LogP contribution in [0.1, 0.15) is 12.8 Å². The highest BCUT2D eigenvalue weighted by atomic mass is 15.3. The van der Waals surface area contributed by atoms with Gasteiger partial charge < -0.3 is 5.32 Å². The molecule has 66 valence electrons. The molecule has 1 saturated heterocycles. The summed E-state index contributed by atoms with van der Waals surface area (Å²) in [7, 11) is 0. The molecule has 1 aliphatic heterocycles. The van der Waals surface area contributed by atoms with Crippen LogP contribution in [-0.2, 0) is 6.54 Å². The second-order valence-corrected chi connectivity index (χ2v) is 3.44. The van der Waals surface area contributed by atoms with Gasteiger partial charge in [0.15, 0.2) is 0 Å². The molecule has 2 rings (SSSR count). The van der Waals surface area contributed by atoms with E-state index < -0.39 is 0 Å². The van der Waals surface area contributed by atoms with E-state index in [0.29, 0.717) is 0 Å². The zero-order chi connectivity index (χ0) is 8.23. The van der Waals surface area contributed by atoms with Gasteiger partial charge in [-0.25, -0.2) is 0 Å². The molecule has 1 aliphatic rings. The fourth-order valence-electron chi connectivity index (χ4n) is 1.75. The van der Waals surface area contributed by atoms with Gasteiger partial charge in [0.25, 0.3) is 0 Å². The fourth-order valence-corrected chi connectivity index (χ4v) is 1.75. The molecule has 0 aliphatic carbocycles. The fraction of sp³-hybridized carbons (Fsp3) is 0.667. The normalized spacial score (nSPS) is 24.2. The SMILES string of the molecule is c1cnn(CC2CCCNC2)c1. The molecule has 1 aromatic heterocycles. The Morgan fingerprint density at radius 3 is 3.25 bits per heavy atom. The molecule has 3 heteroatoms. The molecule has 0 bridgehead atoms. The first-order valence-corrected chi connectivity index (χ1v) is 4.63. The summed E-state index contributed by atoms with van der Waals surface area (Å²) in [6, 6.07) is 1.98. The first-order valence-electron chi connectivity index (χ1n) is 4.63. The number of nitrogens with zero attached hydrogens (tertiary/aromatic N) is 2. The van der Waals surface area contributed by atoms with E-state index >= 15 is 0 Å². The quantitative estimate of drug-likeness (QED) is 0.705.